The molecule has 154 valence electrons. The average Bonchev–Trinajstić information content (AvgIpc) is 3.35. The molecule has 4 rings (SSSR count). The first-order valence-corrected chi connectivity index (χ1v) is 11.4. The highest BCUT2D eigenvalue weighted by atomic mass is 16.2. The van der Waals surface area contributed by atoms with Gasteiger partial charge in [0.15, 0.2) is 0 Å². The number of amides is 1. The lowest BCUT2D eigenvalue weighted by molar-refractivity contribution is -0.126. The molecule has 4 nitrogen and oxygen atoms in total. The maximum atomic E-state index is 13.3. The average molecular weight is 384 g/mol. The number of rotatable bonds is 6. The molecule has 1 N–H and O–H groups in total. The van der Waals surface area contributed by atoms with E-state index < -0.39 is 0 Å². The van der Waals surface area contributed by atoms with E-state index in [1.807, 2.05) is 0 Å². The third-order valence-corrected chi connectivity index (χ3v) is 7.87. The summed E-state index contributed by atoms with van der Waals surface area (Å²) in [6.45, 7) is 5.23. The topological polar surface area (TPSA) is 35.6 Å². The highest BCUT2D eigenvalue weighted by molar-refractivity contribution is 5.80. The minimum atomic E-state index is 0.139. The first-order valence-electron chi connectivity index (χ1n) is 11.4. The monoisotopic (exact) mass is 383 g/mol. The third kappa shape index (κ3) is 3.73. The van der Waals surface area contributed by atoms with Gasteiger partial charge in [-0.3, -0.25) is 14.6 Å². The first kappa shape index (κ1) is 19.9. The van der Waals surface area contributed by atoms with Gasteiger partial charge in [-0.25, -0.2) is 0 Å². The number of nitrogens with one attached hydrogen (secondary N) is 1. The molecule has 28 heavy (non-hydrogen) atoms. The molecule has 3 aliphatic rings. The van der Waals surface area contributed by atoms with Crippen LogP contribution in [0.4, 0.5) is 0 Å². The van der Waals surface area contributed by atoms with Crippen LogP contribution in [0.15, 0.2) is 30.3 Å². The lowest BCUT2D eigenvalue weighted by Gasteiger charge is -2.44. The molecule has 1 saturated carbocycles. The first-order chi connectivity index (χ1) is 13.6. The molecule has 1 aromatic carbocycles. The Balaban J connectivity index is 1.44. The molecular weight excluding hydrogens is 346 g/mol. The van der Waals surface area contributed by atoms with Crippen molar-refractivity contribution in [3.8, 4) is 0 Å². The predicted molar refractivity (Wildman–Crippen MR) is 114 cm³/mol. The minimum Gasteiger partial charge on any atom is -0.354 e. The molecule has 1 aromatic rings. The molecule has 1 amide bonds. The van der Waals surface area contributed by atoms with Gasteiger partial charge in [-0.15, -0.1) is 0 Å². The Kier molecular flexibility index (Phi) is 6.07. The zero-order valence-electron chi connectivity index (χ0n) is 17.7. The SMILES string of the molecule is CCN(C)C1(CNC(=O)[C@@H]2C[C@H](c3ccccc3)N3CCC[C@@H]23)CCCCC1. The second kappa shape index (κ2) is 8.54. The van der Waals surface area contributed by atoms with E-state index in [0.29, 0.717) is 18.0 Å². The Hall–Kier alpha value is -1.39. The molecule has 4 heteroatoms. The Morgan fingerprint density at radius 2 is 1.93 bits per heavy atom. The molecule has 2 heterocycles. The second-order valence-corrected chi connectivity index (χ2v) is 9.23. The van der Waals surface area contributed by atoms with E-state index in [9.17, 15) is 4.79 Å². The van der Waals surface area contributed by atoms with E-state index in [2.05, 4.69) is 59.4 Å². The zero-order chi connectivity index (χ0) is 19.6. The number of hydrogen-bond acceptors (Lipinski definition) is 3. The number of fused-ring (bicyclic) bond motifs is 1. The molecule has 3 atom stereocenters. The fourth-order valence-corrected chi connectivity index (χ4v) is 6.07. The van der Waals surface area contributed by atoms with Gasteiger partial charge in [0.05, 0.1) is 5.92 Å². The summed E-state index contributed by atoms with van der Waals surface area (Å²) in [4.78, 5) is 18.4. The second-order valence-electron chi connectivity index (χ2n) is 9.23. The molecule has 0 radical (unpaired) electrons. The predicted octanol–water partition coefficient (Wildman–Crippen LogP) is 3.98. The number of benzene rings is 1. The number of likely N-dealkylation sites (N-methyl/N-ethyl adjacent to an activating group) is 1. The van der Waals surface area contributed by atoms with Gasteiger partial charge in [0.1, 0.15) is 0 Å². The molecule has 0 spiro atoms. The maximum Gasteiger partial charge on any atom is 0.224 e. The number of carbonyl (C=O) groups excluding carboxylic acids is 1. The van der Waals surface area contributed by atoms with Crippen molar-refractivity contribution in [2.45, 2.75) is 75.9 Å². The highest BCUT2D eigenvalue weighted by Crippen LogP contribution is 2.45. The van der Waals surface area contributed by atoms with Crippen LogP contribution in [0.25, 0.3) is 0 Å². The molecule has 2 saturated heterocycles. The van der Waals surface area contributed by atoms with Crippen molar-refractivity contribution in [2.75, 3.05) is 26.7 Å². The lowest BCUT2D eigenvalue weighted by Crippen LogP contribution is -2.56. The van der Waals surface area contributed by atoms with Gasteiger partial charge in [0.25, 0.3) is 0 Å². The van der Waals surface area contributed by atoms with Crippen LogP contribution in [0.5, 0.6) is 0 Å². The Morgan fingerprint density at radius 3 is 2.64 bits per heavy atom. The largest absolute Gasteiger partial charge is 0.354 e. The molecule has 0 bridgehead atoms. The van der Waals surface area contributed by atoms with Gasteiger partial charge >= 0.3 is 0 Å². The van der Waals surface area contributed by atoms with E-state index >= 15 is 0 Å². The zero-order valence-corrected chi connectivity index (χ0v) is 17.7. The summed E-state index contributed by atoms with van der Waals surface area (Å²) in [5, 5.41) is 3.43. The Morgan fingerprint density at radius 1 is 1.18 bits per heavy atom. The van der Waals surface area contributed by atoms with Crippen LogP contribution in [0.2, 0.25) is 0 Å². The molecule has 3 fully saturated rings. The van der Waals surface area contributed by atoms with Crippen molar-refractivity contribution in [3.05, 3.63) is 35.9 Å². The van der Waals surface area contributed by atoms with Crippen LogP contribution in [0.3, 0.4) is 0 Å². The third-order valence-electron chi connectivity index (χ3n) is 7.87. The Labute approximate surface area is 170 Å². The van der Waals surface area contributed by atoms with Crippen LogP contribution in [0, 0.1) is 5.92 Å². The van der Waals surface area contributed by atoms with E-state index in [0.717, 1.165) is 26.1 Å². The maximum absolute atomic E-state index is 13.3. The molecular formula is C24H37N3O. The summed E-state index contributed by atoms with van der Waals surface area (Å²) in [6, 6.07) is 11.6. The molecule has 0 unspecified atom stereocenters. The number of hydrogen-bond donors (Lipinski definition) is 1. The molecule has 0 aromatic heterocycles. The van der Waals surface area contributed by atoms with Gasteiger partial charge in [-0.2, -0.15) is 0 Å². The van der Waals surface area contributed by atoms with Gasteiger partial charge in [-0.05, 0) is 57.8 Å². The highest BCUT2D eigenvalue weighted by Gasteiger charge is 2.47. The van der Waals surface area contributed by atoms with E-state index in [-0.39, 0.29) is 11.5 Å². The number of carbonyl (C=O) groups is 1. The summed E-state index contributed by atoms with van der Waals surface area (Å²) in [5.41, 5.74) is 1.54. The molecule has 2 aliphatic heterocycles. The van der Waals surface area contributed by atoms with Crippen LogP contribution >= 0.6 is 0 Å². The van der Waals surface area contributed by atoms with Crippen molar-refractivity contribution < 1.29 is 4.79 Å². The van der Waals surface area contributed by atoms with Crippen molar-refractivity contribution in [1.82, 2.24) is 15.1 Å². The fourth-order valence-electron chi connectivity index (χ4n) is 6.07. The number of nitrogens with zero attached hydrogens (tertiary/aromatic N) is 2. The summed E-state index contributed by atoms with van der Waals surface area (Å²) < 4.78 is 0. The summed E-state index contributed by atoms with van der Waals surface area (Å²) in [5.74, 6) is 0.435. The van der Waals surface area contributed by atoms with E-state index in [1.54, 1.807) is 0 Å². The van der Waals surface area contributed by atoms with Gasteiger partial charge < -0.3 is 5.32 Å². The standard InChI is InChI=1S/C24H37N3O/c1-3-26(2)24(14-8-5-9-15-24)18-25-23(28)20-17-22(19-11-6-4-7-12-19)27-16-10-13-21(20)27/h4,6-7,11-12,20-22H,3,5,8-10,13-18H2,1-2H3,(H,25,28)/t20-,21+,22-/m1/s1. The van der Waals surface area contributed by atoms with E-state index in [4.69, 9.17) is 0 Å². The fraction of sp³-hybridized carbons (Fsp3) is 0.708. The smallest absolute Gasteiger partial charge is 0.224 e. The Bertz CT molecular complexity index is 655. The van der Waals surface area contributed by atoms with Crippen LogP contribution in [-0.2, 0) is 4.79 Å². The quantitative estimate of drug-likeness (QED) is 0.807. The minimum absolute atomic E-state index is 0.139. The van der Waals surface area contributed by atoms with Crippen molar-refractivity contribution in [1.29, 1.82) is 0 Å². The summed E-state index contributed by atoms with van der Waals surface area (Å²) in [7, 11) is 2.23. The van der Waals surface area contributed by atoms with Crippen LogP contribution < -0.4 is 5.32 Å². The molecule has 1 aliphatic carbocycles. The van der Waals surface area contributed by atoms with Crippen molar-refractivity contribution >= 4 is 5.91 Å². The lowest BCUT2D eigenvalue weighted by atomic mass is 9.80. The van der Waals surface area contributed by atoms with Gasteiger partial charge in [0.2, 0.25) is 5.91 Å². The normalized spacial score (nSPS) is 29.8. The van der Waals surface area contributed by atoms with Crippen LogP contribution in [0.1, 0.15) is 69.9 Å². The summed E-state index contributed by atoms with van der Waals surface area (Å²) in [6.07, 6.45) is 9.70. The van der Waals surface area contributed by atoms with Gasteiger partial charge in [-0.1, -0.05) is 56.5 Å². The summed E-state index contributed by atoms with van der Waals surface area (Å²) >= 11 is 0. The van der Waals surface area contributed by atoms with Crippen molar-refractivity contribution in [2.24, 2.45) is 5.92 Å². The van der Waals surface area contributed by atoms with Gasteiger partial charge in [0, 0.05) is 24.2 Å². The van der Waals surface area contributed by atoms with Crippen LogP contribution in [-0.4, -0.2) is 54.0 Å². The van der Waals surface area contributed by atoms with E-state index in [1.165, 1.54) is 50.5 Å². The van der Waals surface area contributed by atoms with Crippen molar-refractivity contribution in [3.63, 3.8) is 0 Å².